The molecule has 0 bridgehead atoms. The lowest BCUT2D eigenvalue weighted by Crippen LogP contribution is -2.40. The Morgan fingerprint density at radius 3 is 2.71 bits per heavy atom. The van der Waals surface area contributed by atoms with E-state index >= 15 is 0 Å². The highest BCUT2D eigenvalue weighted by Gasteiger charge is 2.39. The van der Waals surface area contributed by atoms with Crippen molar-refractivity contribution in [2.24, 2.45) is 0 Å². The van der Waals surface area contributed by atoms with Gasteiger partial charge in [0.1, 0.15) is 12.1 Å². The SMILES string of the molecule is O=C(O)[C@H]1NC[C@@H](OCc2ccccc2)[C@@H]1O. The molecule has 0 aliphatic carbocycles. The van der Waals surface area contributed by atoms with Crippen molar-refractivity contribution in [3.05, 3.63) is 35.9 Å². The van der Waals surface area contributed by atoms with Crippen molar-refractivity contribution >= 4 is 5.97 Å². The van der Waals surface area contributed by atoms with E-state index in [0.29, 0.717) is 13.2 Å². The molecule has 2 rings (SSSR count). The topological polar surface area (TPSA) is 78.8 Å². The molecule has 3 atom stereocenters. The van der Waals surface area contributed by atoms with Crippen molar-refractivity contribution < 1.29 is 19.7 Å². The van der Waals surface area contributed by atoms with Crippen molar-refractivity contribution in [3.63, 3.8) is 0 Å². The van der Waals surface area contributed by atoms with Gasteiger partial charge >= 0.3 is 5.97 Å². The zero-order chi connectivity index (χ0) is 12.3. The Balaban J connectivity index is 1.87. The maximum absolute atomic E-state index is 10.8. The Bertz CT molecular complexity index is 381. The highest BCUT2D eigenvalue weighted by atomic mass is 16.5. The van der Waals surface area contributed by atoms with Crippen molar-refractivity contribution in [2.75, 3.05) is 6.54 Å². The number of ether oxygens (including phenoxy) is 1. The zero-order valence-corrected chi connectivity index (χ0v) is 9.24. The van der Waals surface area contributed by atoms with Crippen LogP contribution in [0.5, 0.6) is 0 Å². The first kappa shape index (κ1) is 12.0. The van der Waals surface area contributed by atoms with Crippen molar-refractivity contribution in [2.45, 2.75) is 24.9 Å². The van der Waals surface area contributed by atoms with Crippen LogP contribution in [0, 0.1) is 0 Å². The minimum Gasteiger partial charge on any atom is -0.480 e. The number of carbonyl (C=O) groups is 1. The van der Waals surface area contributed by atoms with Gasteiger partial charge in [0.2, 0.25) is 0 Å². The number of nitrogens with one attached hydrogen (secondary N) is 1. The molecule has 5 heteroatoms. The highest BCUT2D eigenvalue weighted by molar-refractivity contribution is 5.74. The van der Waals surface area contributed by atoms with Crippen LogP contribution in [0.2, 0.25) is 0 Å². The smallest absolute Gasteiger partial charge is 0.323 e. The zero-order valence-electron chi connectivity index (χ0n) is 9.24. The molecule has 1 saturated heterocycles. The highest BCUT2D eigenvalue weighted by Crippen LogP contribution is 2.14. The predicted molar refractivity (Wildman–Crippen MR) is 60.5 cm³/mol. The average molecular weight is 237 g/mol. The number of aliphatic hydroxyl groups is 1. The lowest BCUT2D eigenvalue weighted by Gasteiger charge is -2.16. The summed E-state index contributed by atoms with van der Waals surface area (Å²) in [6, 6.07) is 8.63. The van der Waals surface area contributed by atoms with Gasteiger partial charge in [-0.2, -0.15) is 0 Å². The second kappa shape index (κ2) is 5.27. The average Bonchev–Trinajstić information content (AvgIpc) is 2.69. The van der Waals surface area contributed by atoms with Gasteiger partial charge in [0.25, 0.3) is 0 Å². The molecule has 1 fully saturated rings. The van der Waals surface area contributed by atoms with E-state index in [1.54, 1.807) is 0 Å². The summed E-state index contributed by atoms with van der Waals surface area (Å²) in [6.45, 7) is 0.724. The van der Waals surface area contributed by atoms with E-state index in [4.69, 9.17) is 9.84 Å². The van der Waals surface area contributed by atoms with Crippen molar-refractivity contribution in [1.29, 1.82) is 0 Å². The number of hydrogen-bond donors (Lipinski definition) is 3. The summed E-state index contributed by atoms with van der Waals surface area (Å²) < 4.78 is 5.51. The first-order chi connectivity index (χ1) is 8.18. The summed E-state index contributed by atoms with van der Waals surface area (Å²) in [7, 11) is 0. The molecule has 0 saturated carbocycles. The Morgan fingerprint density at radius 2 is 2.12 bits per heavy atom. The maximum Gasteiger partial charge on any atom is 0.323 e. The van der Waals surface area contributed by atoms with Crippen LogP contribution in [-0.4, -0.2) is 41.0 Å². The summed E-state index contributed by atoms with van der Waals surface area (Å²) in [4.78, 5) is 10.8. The summed E-state index contributed by atoms with van der Waals surface area (Å²) in [6.07, 6.45) is -1.48. The van der Waals surface area contributed by atoms with Gasteiger partial charge in [-0.05, 0) is 5.56 Å². The van der Waals surface area contributed by atoms with Crippen LogP contribution in [0.25, 0.3) is 0 Å². The quantitative estimate of drug-likeness (QED) is 0.686. The van der Waals surface area contributed by atoms with Crippen LogP contribution < -0.4 is 5.32 Å². The number of hydrogen-bond acceptors (Lipinski definition) is 4. The predicted octanol–water partition coefficient (Wildman–Crippen LogP) is -0.0109. The van der Waals surface area contributed by atoms with E-state index in [-0.39, 0.29) is 0 Å². The summed E-state index contributed by atoms with van der Waals surface area (Å²) >= 11 is 0. The molecule has 5 nitrogen and oxygen atoms in total. The van der Waals surface area contributed by atoms with Gasteiger partial charge in [0.05, 0.1) is 12.7 Å². The van der Waals surface area contributed by atoms with E-state index in [1.807, 2.05) is 30.3 Å². The van der Waals surface area contributed by atoms with Crippen LogP contribution in [-0.2, 0) is 16.1 Å². The fourth-order valence-corrected chi connectivity index (χ4v) is 1.87. The van der Waals surface area contributed by atoms with E-state index in [1.165, 1.54) is 0 Å². The Labute approximate surface area is 99.0 Å². The first-order valence-corrected chi connectivity index (χ1v) is 5.48. The fraction of sp³-hybridized carbons (Fsp3) is 0.417. The number of carboxylic acids is 1. The molecule has 1 heterocycles. The Kier molecular flexibility index (Phi) is 3.73. The molecular formula is C12H15NO4. The van der Waals surface area contributed by atoms with Crippen molar-refractivity contribution in [3.8, 4) is 0 Å². The molecule has 0 aromatic heterocycles. The van der Waals surface area contributed by atoms with Crippen LogP contribution in [0.15, 0.2) is 30.3 Å². The molecule has 3 N–H and O–H groups in total. The maximum atomic E-state index is 10.8. The van der Waals surface area contributed by atoms with Gasteiger partial charge in [0, 0.05) is 6.54 Å². The molecule has 1 aliphatic rings. The van der Waals surface area contributed by atoms with Gasteiger partial charge in [-0.1, -0.05) is 30.3 Å². The van der Waals surface area contributed by atoms with E-state index < -0.39 is 24.2 Å². The monoisotopic (exact) mass is 237 g/mol. The molecule has 1 aromatic rings. The van der Waals surface area contributed by atoms with Crippen LogP contribution in [0.3, 0.4) is 0 Å². The van der Waals surface area contributed by atoms with Crippen LogP contribution in [0.4, 0.5) is 0 Å². The lowest BCUT2D eigenvalue weighted by molar-refractivity contribution is -0.142. The van der Waals surface area contributed by atoms with Crippen LogP contribution in [0.1, 0.15) is 5.56 Å². The number of benzene rings is 1. The summed E-state index contributed by atoms with van der Waals surface area (Å²) in [5, 5.41) is 21.3. The molecule has 0 radical (unpaired) electrons. The first-order valence-electron chi connectivity index (χ1n) is 5.48. The number of aliphatic carboxylic acids is 1. The van der Waals surface area contributed by atoms with Crippen LogP contribution >= 0.6 is 0 Å². The second-order valence-electron chi connectivity index (χ2n) is 4.05. The minimum absolute atomic E-state index is 0.352. The number of rotatable bonds is 4. The number of carboxylic acid groups (broad SMARTS) is 1. The van der Waals surface area contributed by atoms with Gasteiger partial charge < -0.3 is 14.9 Å². The Morgan fingerprint density at radius 1 is 1.41 bits per heavy atom. The van der Waals surface area contributed by atoms with E-state index in [9.17, 15) is 9.90 Å². The molecule has 0 amide bonds. The normalized spacial score (nSPS) is 28.2. The summed E-state index contributed by atoms with van der Waals surface area (Å²) in [5.41, 5.74) is 0.999. The van der Waals surface area contributed by atoms with Crippen molar-refractivity contribution in [1.82, 2.24) is 5.32 Å². The third-order valence-corrected chi connectivity index (χ3v) is 2.83. The molecule has 17 heavy (non-hydrogen) atoms. The summed E-state index contributed by atoms with van der Waals surface area (Å²) in [5.74, 6) is -1.05. The fourth-order valence-electron chi connectivity index (χ4n) is 1.87. The third kappa shape index (κ3) is 2.82. The number of aliphatic hydroxyl groups excluding tert-OH is 1. The molecule has 1 aromatic carbocycles. The standard InChI is InChI=1S/C12H15NO4/c14-11-9(6-13-10(11)12(15)16)17-7-8-4-2-1-3-5-8/h1-5,9-11,13-14H,6-7H2,(H,15,16)/t9-,10+,11+/m1/s1. The lowest BCUT2D eigenvalue weighted by atomic mass is 10.1. The molecular weight excluding hydrogens is 222 g/mol. The molecule has 0 unspecified atom stereocenters. The van der Waals surface area contributed by atoms with Gasteiger partial charge in [-0.25, -0.2) is 0 Å². The minimum atomic E-state index is -1.05. The van der Waals surface area contributed by atoms with Gasteiger partial charge in [-0.15, -0.1) is 0 Å². The molecule has 1 aliphatic heterocycles. The van der Waals surface area contributed by atoms with E-state index in [2.05, 4.69) is 5.32 Å². The van der Waals surface area contributed by atoms with E-state index in [0.717, 1.165) is 5.56 Å². The molecule has 0 spiro atoms. The van der Waals surface area contributed by atoms with Gasteiger partial charge in [-0.3, -0.25) is 10.1 Å². The largest absolute Gasteiger partial charge is 0.480 e. The Hall–Kier alpha value is -1.43. The molecule has 92 valence electrons. The van der Waals surface area contributed by atoms with Gasteiger partial charge in [0.15, 0.2) is 0 Å². The second-order valence-corrected chi connectivity index (χ2v) is 4.05. The third-order valence-electron chi connectivity index (χ3n) is 2.83.